The van der Waals surface area contributed by atoms with Crippen molar-refractivity contribution < 1.29 is 124 Å². The van der Waals surface area contributed by atoms with Gasteiger partial charge in [-0.25, -0.2) is 0 Å². The van der Waals surface area contributed by atoms with Crippen LogP contribution in [-0.2, 0) is 33.2 Å². The summed E-state index contributed by atoms with van der Waals surface area (Å²) in [4.78, 5) is 55.1. The van der Waals surface area contributed by atoms with E-state index in [1.165, 1.54) is 0 Å². The summed E-state index contributed by atoms with van der Waals surface area (Å²) in [6.07, 6.45) is -27.0. The molecule has 260 valence electrons. The van der Waals surface area contributed by atoms with E-state index in [1.54, 1.807) is 0 Å². The van der Waals surface area contributed by atoms with Crippen molar-refractivity contribution in [3.05, 3.63) is 0 Å². The number of ether oxygens (including phenoxy) is 3. The molecule has 0 spiro atoms. The molecule has 3 aliphatic heterocycles. The molecule has 3 fully saturated rings. The first kappa shape index (κ1) is 41.9. The van der Waals surface area contributed by atoms with Gasteiger partial charge in [-0.1, -0.05) is 0 Å². The Kier molecular flexibility index (Phi) is 16.7. The monoisotopic (exact) mass is 675 g/mol. The third-order valence-corrected chi connectivity index (χ3v) is 5.46. The summed E-state index contributed by atoms with van der Waals surface area (Å²) in [5.41, 5.74) is 0. The molecule has 3 aliphatic rings. The molecule has 25 nitrogen and oxygen atoms in total. The summed E-state index contributed by atoms with van der Waals surface area (Å²) in [6, 6.07) is 0. The fourth-order valence-electron chi connectivity index (χ4n) is 3.17. The molecular formula is C18H28O25P-5. The molecule has 15 atom stereocenters. The second kappa shape index (κ2) is 17.6. The van der Waals surface area contributed by atoms with Crippen LogP contribution in [0.4, 0.5) is 0 Å². The van der Waals surface area contributed by atoms with Gasteiger partial charge in [0.05, 0.1) is 25.7 Å². The van der Waals surface area contributed by atoms with Crippen LogP contribution in [0, 0.1) is 0 Å². The van der Waals surface area contributed by atoms with Crippen LogP contribution in [0.3, 0.4) is 0 Å². The third-order valence-electron chi connectivity index (χ3n) is 5.46. The van der Waals surface area contributed by atoms with Crippen LogP contribution in [0.1, 0.15) is 0 Å². The van der Waals surface area contributed by atoms with Crippen LogP contribution in [-0.4, -0.2) is 176 Å². The number of carbonyl (C=O) groups is 3. The standard InChI is InChI=1S/3C6H10O7.H3O4P/c3*7-1-2(8)4(5(10)11)13-6(12)3(1)9;1-5(2,3)4/h3*1-4,6-9,12H,(H,10,11);(H3,1,2,3,4)/p-5/t3*1-,2-,3+,4?,6+;/m111./s1. The van der Waals surface area contributed by atoms with Gasteiger partial charge in [-0.2, -0.15) is 0 Å². The first-order chi connectivity index (χ1) is 19.8. The second-order valence-electron chi connectivity index (χ2n) is 8.68. The van der Waals surface area contributed by atoms with Crippen molar-refractivity contribution in [1.82, 2.24) is 0 Å². The molecule has 0 bridgehead atoms. The number of aliphatic carboxylic acids is 3. The lowest BCUT2D eigenvalue weighted by molar-refractivity contribution is -0.346. The van der Waals surface area contributed by atoms with Crippen LogP contribution in [0.5, 0.6) is 0 Å². The van der Waals surface area contributed by atoms with E-state index < -0.39 is 118 Å². The lowest BCUT2D eigenvalue weighted by Crippen LogP contribution is -2.62. The van der Waals surface area contributed by atoms with Crippen LogP contribution in [0.15, 0.2) is 0 Å². The van der Waals surface area contributed by atoms with Gasteiger partial charge >= 0.3 is 0 Å². The van der Waals surface area contributed by atoms with E-state index >= 15 is 0 Å². The quantitative estimate of drug-likeness (QED) is 0.123. The normalized spacial score (nSPS) is 42.1. The van der Waals surface area contributed by atoms with Crippen LogP contribution < -0.4 is 25.1 Å². The van der Waals surface area contributed by atoms with Crippen LogP contribution in [0.2, 0.25) is 0 Å². The molecule has 3 rings (SSSR count). The Morgan fingerprint density at radius 1 is 0.432 bits per heavy atom. The van der Waals surface area contributed by atoms with E-state index in [4.69, 9.17) is 80.5 Å². The maximum absolute atomic E-state index is 10.3. The van der Waals surface area contributed by atoms with E-state index in [1.807, 2.05) is 0 Å². The van der Waals surface area contributed by atoms with Crippen molar-refractivity contribution >= 4 is 25.7 Å². The topological polar surface area (TPSA) is 474 Å². The van der Waals surface area contributed by atoms with Crippen LogP contribution in [0.25, 0.3) is 0 Å². The lowest BCUT2D eigenvalue weighted by Gasteiger charge is -2.38. The van der Waals surface area contributed by atoms with Gasteiger partial charge in [-0.05, 0) is 0 Å². The molecule has 13 N–H and O–H groups in total. The molecule has 0 aliphatic carbocycles. The van der Waals surface area contributed by atoms with Crippen molar-refractivity contribution in [2.24, 2.45) is 0 Å². The molecule has 0 aromatic carbocycles. The van der Waals surface area contributed by atoms with Gasteiger partial charge in [-0.15, -0.1) is 0 Å². The van der Waals surface area contributed by atoms with Crippen molar-refractivity contribution in [3.63, 3.8) is 0 Å². The molecule has 26 heteroatoms. The van der Waals surface area contributed by atoms with Crippen LogP contribution >= 0.6 is 7.82 Å². The minimum Gasteiger partial charge on any atom is -0.790 e. The van der Waals surface area contributed by atoms with E-state index in [0.29, 0.717) is 0 Å². The molecule has 3 saturated heterocycles. The summed E-state index contributed by atoms with van der Waals surface area (Å²) >= 11 is 0. The van der Waals surface area contributed by atoms with Crippen molar-refractivity contribution in [1.29, 1.82) is 0 Å². The zero-order valence-electron chi connectivity index (χ0n) is 21.3. The average Bonchev–Trinajstić information content (AvgIpc) is 2.90. The Balaban J connectivity index is 0.000000585. The fraction of sp³-hybridized carbons (Fsp3) is 0.833. The summed E-state index contributed by atoms with van der Waals surface area (Å²) in [6.45, 7) is 0. The number of carbonyl (C=O) groups excluding carboxylic acids is 3. The first-order valence-corrected chi connectivity index (χ1v) is 12.8. The summed E-state index contributed by atoms with van der Waals surface area (Å²) in [5, 5.41) is 138. The van der Waals surface area contributed by atoms with Crippen molar-refractivity contribution in [2.45, 2.75) is 92.1 Å². The number of carboxylic acid groups (broad SMARTS) is 3. The Morgan fingerprint density at radius 3 is 0.727 bits per heavy atom. The summed E-state index contributed by atoms with van der Waals surface area (Å²) in [5.74, 6) is -5.30. The predicted molar refractivity (Wildman–Crippen MR) is 112 cm³/mol. The summed E-state index contributed by atoms with van der Waals surface area (Å²) < 4.78 is 21.5. The Labute approximate surface area is 243 Å². The third kappa shape index (κ3) is 12.4. The van der Waals surface area contributed by atoms with Gasteiger partial charge in [0.2, 0.25) is 0 Å². The molecule has 0 aromatic rings. The minimum atomic E-state index is -5.14. The second-order valence-corrected chi connectivity index (χ2v) is 9.62. The number of aliphatic hydroxyl groups is 12. The molecule has 0 radical (unpaired) electrons. The van der Waals surface area contributed by atoms with Gasteiger partial charge in [0, 0.05) is 0 Å². The molecule has 3 heterocycles. The largest absolute Gasteiger partial charge is 0.790 e. The number of phosphoric acid groups is 1. The highest BCUT2D eigenvalue weighted by atomic mass is 31.2. The smallest absolute Gasteiger partial charge is 0.184 e. The van der Waals surface area contributed by atoms with E-state index in [0.717, 1.165) is 0 Å². The first-order valence-electron chi connectivity index (χ1n) is 11.4. The van der Waals surface area contributed by atoms with E-state index in [2.05, 4.69) is 14.2 Å². The molecular weight excluding hydrogens is 647 g/mol. The lowest BCUT2D eigenvalue weighted by atomic mass is 9.99. The van der Waals surface area contributed by atoms with Gasteiger partial charge < -0.3 is 124 Å². The SMILES string of the molecule is O=C([O-])C1O[C@H](O)[C@@H](O)[C@H](O)[C@H]1O.O=C([O-])C1O[C@H](O)[C@@H](O)[C@H](O)[C@H]1O.O=C([O-])C1O[C@H](O)[C@@H](O)[C@H](O)[C@H]1O.O=P([O-])([O-])O. The van der Waals surface area contributed by atoms with Crippen molar-refractivity contribution in [3.8, 4) is 0 Å². The number of hydrogen-bond donors (Lipinski definition) is 13. The number of hydrogen-bond acceptors (Lipinski definition) is 24. The van der Waals surface area contributed by atoms with Gasteiger partial charge in [0.25, 0.3) is 0 Å². The maximum atomic E-state index is 10.3. The zero-order valence-corrected chi connectivity index (χ0v) is 22.2. The molecule has 3 unspecified atom stereocenters. The van der Waals surface area contributed by atoms with E-state index in [9.17, 15) is 29.7 Å². The van der Waals surface area contributed by atoms with Gasteiger partial charge in [0.1, 0.15) is 73.2 Å². The number of aliphatic hydroxyl groups excluding tert-OH is 12. The number of carboxylic acids is 3. The zero-order chi connectivity index (χ0) is 35.0. The molecule has 0 aromatic heterocycles. The van der Waals surface area contributed by atoms with E-state index in [-0.39, 0.29) is 0 Å². The summed E-state index contributed by atoms with van der Waals surface area (Å²) in [7, 11) is -5.14. The average molecular weight is 675 g/mol. The van der Waals surface area contributed by atoms with Crippen molar-refractivity contribution in [2.75, 3.05) is 0 Å². The minimum absolute atomic E-state index is 1.73. The number of rotatable bonds is 3. The highest BCUT2D eigenvalue weighted by Crippen LogP contribution is 2.21. The Hall–Kier alpha value is -2.08. The molecule has 44 heavy (non-hydrogen) atoms. The van der Waals surface area contributed by atoms with Gasteiger partial charge in [0.15, 0.2) is 18.9 Å². The Morgan fingerprint density at radius 2 is 0.591 bits per heavy atom. The highest BCUT2D eigenvalue weighted by molar-refractivity contribution is 7.42. The fourth-order valence-corrected chi connectivity index (χ4v) is 3.17. The molecule has 0 amide bonds. The highest BCUT2D eigenvalue weighted by Gasteiger charge is 2.45. The maximum Gasteiger partial charge on any atom is 0.184 e. The Bertz CT molecular complexity index is 862. The van der Waals surface area contributed by atoms with Gasteiger partial charge in [-0.3, -0.25) is 0 Å². The molecule has 0 saturated carbocycles. The predicted octanol–water partition coefficient (Wildman–Crippen LogP) is -15.6.